The maximum atomic E-state index is 13.2. The summed E-state index contributed by atoms with van der Waals surface area (Å²) in [6, 6.07) is 25.5. The third-order valence-corrected chi connectivity index (χ3v) is 6.17. The van der Waals surface area contributed by atoms with Crippen molar-refractivity contribution in [2.45, 2.75) is 13.2 Å². The number of likely N-dealkylation sites (N-methyl/N-ethyl adjacent to an activating group) is 1. The maximum absolute atomic E-state index is 13.2. The van der Waals surface area contributed by atoms with Crippen LogP contribution in [0.2, 0.25) is 0 Å². The van der Waals surface area contributed by atoms with Crippen LogP contribution in [-0.4, -0.2) is 53.6 Å². The van der Waals surface area contributed by atoms with E-state index in [2.05, 4.69) is 28.2 Å². The summed E-state index contributed by atoms with van der Waals surface area (Å²) < 4.78 is 7.88. The number of carbonyl (C=O) groups excluding carboxylic acids is 1. The van der Waals surface area contributed by atoms with Crippen molar-refractivity contribution in [3.05, 3.63) is 84.7 Å². The van der Waals surface area contributed by atoms with Gasteiger partial charge in [0, 0.05) is 26.2 Å². The minimum Gasteiger partial charge on any atom is -0.486 e. The highest BCUT2D eigenvalue weighted by molar-refractivity contribution is 5.95. The molecule has 34 heavy (non-hydrogen) atoms. The average molecular weight is 456 g/mol. The van der Waals surface area contributed by atoms with Gasteiger partial charge in [-0.15, -0.1) is 0 Å². The summed E-state index contributed by atoms with van der Waals surface area (Å²) in [6.45, 7) is 4.34. The van der Waals surface area contributed by atoms with E-state index in [4.69, 9.17) is 9.72 Å². The van der Waals surface area contributed by atoms with Crippen LogP contribution in [0.5, 0.6) is 5.75 Å². The normalized spacial score (nSPS) is 14.3. The van der Waals surface area contributed by atoms with Crippen molar-refractivity contribution in [3.8, 4) is 5.75 Å². The molecule has 0 radical (unpaired) electrons. The van der Waals surface area contributed by atoms with E-state index in [1.165, 1.54) is 0 Å². The molecule has 3 aromatic carbocycles. The van der Waals surface area contributed by atoms with Gasteiger partial charge in [0.15, 0.2) is 0 Å². The number of imidazole rings is 1. The Morgan fingerprint density at radius 1 is 0.912 bits per heavy atom. The predicted octanol–water partition coefficient (Wildman–Crippen LogP) is 4.01. The first-order valence-corrected chi connectivity index (χ1v) is 11.6. The predicted molar refractivity (Wildman–Crippen MR) is 135 cm³/mol. The van der Waals surface area contributed by atoms with Crippen LogP contribution in [0.25, 0.3) is 11.0 Å². The Morgan fingerprint density at radius 3 is 2.44 bits per heavy atom. The van der Waals surface area contributed by atoms with Crippen molar-refractivity contribution in [1.29, 1.82) is 0 Å². The lowest BCUT2D eigenvalue weighted by Crippen LogP contribution is -2.44. The van der Waals surface area contributed by atoms with Crippen LogP contribution in [-0.2, 0) is 17.9 Å². The number of fused-ring (bicyclic) bond motifs is 1. The molecule has 1 aromatic heterocycles. The van der Waals surface area contributed by atoms with E-state index in [1.54, 1.807) is 0 Å². The fourth-order valence-electron chi connectivity index (χ4n) is 4.31. The number of hydrogen-bond donors (Lipinski definition) is 1. The number of nitrogens with one attached hydrogen (secondary N) is 1. The highest BCUT2D eigenvalue weighted by Crippen LogP contribution is 2.27. The Kier molecular flexibility index (Phi) is 6.44. The standard InChI is InChI=1S/C27H29N5O2/c1-30-15-17-31(18-16-30)24-13-7-5-11-22(24)29-27(33)19-32-25-14-8-6-12-23(25)28-26(32)20-34-21-9-3-2-4-10-21/h2-14H,15-20H2,1H3,(H,29,33). The second kappa shape index (κ2) is 9.97. The van der Waals surface area contributed by atoms with Crippen molar-refractivity contribution >= 4 is 28.3 Å². The maximum Gasteiger partial charge on any atom is 0.244 e. The van der Waals surface area contributed by atoms with Crippen LogP contribution in [0.4, 0.5) is 11.4 Å². The van der Waals surface area contributed by atoms with Gasteiger partial charge in [0.1, 0.15) is 24.7 Å². The van der Waals surface area contributed by atoms with Gasteiger partial charge < -0.3 is 24.4 Å². The van der Waals surface area contributed by atoms with Gasteiger partial charge in [0.05, 0.1) is 22.4 Å². The number of piperazine rings is 1. The molecule has 7 nitrogen and oxygen atoms in total. The zero-order chi connectivity index (χ0) is 23.3. The summed E-state index contributed by atoms with van der Waals surface area (Å²) in [7, 11) is 2.14. The summed E-state index contributed by atoms with van der Waals surface area (Å²) in [6.07, 6.45) is 0. The topological polar surface area (TPSA) is 62.6 Å². The number of ether oxygens (including phenoxy) is 1. The molecule has 0 aliphatic carbocycles. The molecule has 4 aromatic rings. The zero-order valence-corrected chi connectivity index (χ0v) is 19.4. The molecule has 5 rings (SSSR count). The Balaban J connectivity index is 1.35. The van der Waals surface area contributed by atoms with E-state index in [0.29, 0.717) is 5.82 Å². The summed E-state index contributed by atoms with van der Waals surface area (Å²) in [5.74, 6) is 1.39. The van der Waals surface area contributed by atoms with Crippen LogP contribution >= 0.6 is 0 Å². The lowest BCUT2D eigenvalue weighted by Gasteiger charge is -2.35. The SMILES string of the molecule is CN1CCN(c2ccccc2NC(=O)Cn2c(COc3ccccc3)nc3ccccc32)CC1. The second-order valence-electron chi connectivity index (χ2n) is 8.56. The molecule has 1 amide bonds. The second-order valence-corrected chi connectivity index (χ2v) is 8.56. The minimum atomic E-state index is -0.0920. The van der Waals surface area contributed by atoms with Crippen molar-refractivity contribution < 1.29 is 9.53 Å². The van der Waals surface area contributed by atoms with Gasteiger partial charge >= 0.3 is 0 Å². The van der Waals surface area contributed by atoms with Gasteiger partial charge in [0.25, 0.3) is 0 Å². The zero-order valence-electron chi connectivity index (χ0n) is 19.4. The third-order valence-electron chi connectivity index (χ3n) is 6.17. The smallest absolute Gasteiger partial charge is 0.244 e. The van der Waals surface area contributed by atoms with Gasteiger partial charge in [-0.1, -0.05) is 42.5 Å². The molecule has 0 atom stereocenters. The quantitative estimate of drug-likeness (QED) is 0.456. The molecule has 1 aliphatic rings. The van der Waals surface area contributed by atoms with E-state index in [1.807, 2.05) is 77.4 Å². The van der Waals surface area contributed by atoms with E-state index in [9.17, 15) is 4.79 Å². The monoisotopic (exact) mass is 455 g/mol. The largest absolute Gasteiger partial charge is 0.486 e. The first kappa shape index (κ1) is 22.0. The van der Waals surface area contributed by atoms with Crippen molar-refractivity contribution in [2.75, 3.05) is 43.4 Å². The molecular formula is C27H29N5O2. The molecular weight excluding hydrogens is 426 g/mol. The molecule has 7 heteroatoms. The molecule has 0 bridgehead atoms. The van der Waals surface area contributed by atoms with E-state index in [0.717, 1.165) is 54.3 Å². The lowest BCUT2D eigenvalue weighted by atomic mass is 10.2. The molecule has 2 heterocycles. The summed E-state index contributed by atoms with van der Waals surface area (Å²) in [5.41, 5.74) is 3.66. The summed E-state index contributed by atoms with van der Waals surface area (Å²) >= 11 is 0. The average Bonchev–Trinajstić information content (AvgIpc) is 3.21. The van der Waals surface area contributed by atoms with Gasteiger partial charge in [0.2, 0.25) is 5.91 Å². The van der Waals surface area contributed by atoms with Gasteiger partial charge in [-0.25, -0.2) is 4.98 Å². The van der Waals surface area contributed by atoms with Crippen LogP contribution < -0.4 is 15.0 Å². The third kappa shape index (κ3) is 4.89. The van der Waals surface area contributed by atoms with Crippen LogP contribution in [0, 0.1) is 0 Å². The Hall–Kier alpha value is -3.84. The van der Waals surface area contributed by atoms with Gasteiger partial charge in [-0.2, -0.15) is 0 Å². The number of rotatable bonds is 7. The number of carbonyl (C=O) groups is 1. The van der Waals surface area contributed by atoms with Crippen molar-refractivity contribution in [2.24, 2.45) is 0 Å². The fraction of sp³-hybridized carbons (Fsp3) is 0.259. The number of amides is 1. The van der Waals surface area contributed by atoms with E-state index in [-0.39, 0.29) is 19.1 Å². The number of nitrogens with zero attached hydrogens (tertiary/aromatic N) is 4. The Labute approximate surface area is 199 Å². The molecule has 1 fully saturated rings. The highest BCUT2D eigenvalue weighted by atomic mass is 16.5. The number of anilines is 2. The van der Waals surface area contributed by atoms with E-state index < -0.39 is 0 Å². The molecule has 1 saturated heterocycles. The number of benzene rings is 3. The van der Waals surface area contributed by atoms with Gasteiger partial charge in [-0.05, 0) is 43.4 Å². The van der Waals surface area contributed by atoms with E-state index >= 15 is 0 Å². The van der Waals surface area contributed by atoms with Crippen LogP contribution in [0.3, 0.4) is 0 Å². The number of hydrogen-bond acceptors (Lipinski definition) is 5. The highest BCUT2D eigenvalue weighted by Gasteiger charge is 2.19. The lowest BCUT2D eigenvalue weighted by molar-refractivity contribution is -0.116. The fourth-order valence-corrected chi connectivity index (χ4v) is 4.31. The Bertz CT molecular complexity index is 1260. The molecule has 1 N–H and O–H groups in total. The number of para-hydroxylation sites is 5. The Morgan fingerprint density at radius 2 is 1.62 bits per heavy atom. The number of aromatic nitrogens is 2. The van der Waals surface area contributed by atoms with Crippen LogP contribution in [0.1, 0.15) is 5.82 Å². The van der Waals surface area contributed by atoms with Crippen molar-refractivity contribution in [3.63, 3.8) is 0 Å². The van der Waals surface area contributed by atoms with Crippen molar-refractivity contribution in [1.82, 2.24) is 14.5 Å². The molecule has 0 unspecified atom stereocenters. The molecule has 0 spiro atoms. The first-order valence-electron chi connectivity index (χ1n) is 11.6. The molecule has 174 valence electrons. The van der Waals surface area contributed by atoms with Gasteiger partial charge in [-0.3, -0.25) is 4.79 Å². The first-order chi connectivity index (χ1) is 16.7. The molecule has 0 saturated carbocycles. The molecule has 1 aliphatic heterocycles. The summed E-state index contributed by atoms with van der Waals surface area (Å²) in [4.78, 5) is 22.6. The minimum absolute atomic E-state index is 0.0920. The van der Waals surface area contributed by atoms with Crippen LogP contribution in [0.15, 0.2) is 78.9 Å². The summed E-state index contributed by atoms with van der Waals surface area (Å²) in [5, 5.41) is 3.14.